The monoisotopic (exact) mass is 224 g/mol. The second kappa shape index (κ2) is 4.06. The van der Waals surface area contributed by atoms with Crippen molar-refractivity contribution in [3.8, 4) is 5.75 Å². The molecule has 0 aromatic heterocycles. The van der Waals surface area contributed by atoms with Crippen LogP contribution in [-0.2, 0) is 5.60 Å². The molecule has 2 atom stereocenters. The fourth-order valence-corrected chi connectivity index (χ4v) is 3.30. The molecule has 82 valence electrons. The van der Waals surface area contributed by atoms with Crippen LogP contribution in [0.5, 0.6) is 5.75 Å². The molecule has 0 radical (unpaired) electrons. The van der Waals surface area contributed by atoms with Crippen molar-refractivity contribution in [3.05, 3.63) is 29.8 Å². The Morgan fingerprint density at radius 1 is 1.40 bits per heavy atom. The molecule has 15 heavy (non-hydrogen) atoms. The molecule has 1 aromatic rings. The number of hydrogen-bond donors (Lipinski definition) is 1. The van der Waals surface area contributed by atoms with Gasteiger partial charge in [-0.25, -0.2) is 0 Å². The van der Waals surface area contributed by atoms with Crippen LogP contribution < -0.4 is 4.74 Å². The van der Waals surface area contributed by atoms with Crippen molar-refractivity contribution in [3.63, 3.8) is 0 Å². The van der Waals surface area contributed by atoms with E-state index in [1.165, 1.54) is 0 Å². The second-order valence-electron chi connectivity index (χ2n) is 3.92. The Hall–Kier alpha value is -0.670. The number of thioether (sulfide) groups is 1. The number of ether oxygens (including phenoxy) is 1. The van der Waals surface area contributed by atoms with Gasteiger partial charge in [-0.2, -0.15) is 11.8 Å². The molecule has 1 aliphatic rings. The van der Waals surface area contributed by atoms with Gasteiger partial charge in [0.15, 0.2) is 0 Å². The van der Waals surface area contributed by atoms with Gasteiger partial charge in [-0.15, -0.1) is 0 Å². The summed E-state index contributed by atoms with van der Waals surface area (Å²) in [5, 5.41) is 10.8. The first-order chi connectivity index (χ1) is 7.16. The third-order valence-electron chi connectivity index (χ3n) is 3.11. The van der Waals surface area contributed by atoms with Crippen LogP contribution >= 0.6 is 11.8 Å². The lowest BCUT2D eigenvalue weighted by atomic mass is 9.88. The van der Waals surface area contributed by atoms with Crippen molar-refractivity contribution in [2.75, 3.05) is 12.9 Å². The minimum absolute atomic E-state index is 0.269. The maximum atomic E-state index is 10.5. The molecule has 3 heteroatoms. The van der Waals surface area contributed by atoms with Gasteiger partial charge in [0, 0.05) is 5.25 Å². The molecular formula is C12H16O2S. The molecule has 1 N–H and O–H groups in total. The van der Waals surface area contributed by atoms with E-state index in [2.05, 4.69) is 6.92 Å². The number of aliphatic hydroxyl groups is 1. The van der Waals surface area contributed by atoms with Crippen molar-refractivity contribution in [1.29, 1.82) is 0 Å². The molecule has 0 bridgehead atoms. The molecule has 1 fully saturated rings. The van der Waals surface area contributed by atoms with E-state index in [1.807, 2.05) is 36.0 Å². The molecule has 0 amide bonds. The Morgan fingerprint density at radius 3 is 2.53 bits per heavy atom. The van der Waals surface area contributed by atoms with E-state index in [-0.39, 0.29) is 5.25 Å². The summed E-state index contributed by atoms with van der Waals surface area (Å²) in [4.78, 5) is 0. The molecule has 1 saturated heterocycles. The van der Waals surface area contributed by atoms with Gasteiger partial charge in [-0.05, 0) is 29.9 Å². The first-order valence-corrected chi connectivity index (χ1v) is 6.20. The van der Waals surface area contributed by atoms with Crippen molar-refractivity contribution in [1.82, 2.24) is 0 Å². The summed E-state index contributed by atoms with van der Waals surface area (Å²) in [5.74, 6) is 1.87. The highest BCUT2D eigenvalue weighted by molar-refractivity contribution is 8.00. The van der Waals surface area contributed by atoms with Crippen molar-refractivity contribution < 1.29 is 9.84 Å². The van der Waals surface area contributed by atoms with Crippen molar-refractivity contribution >= 4 is 11.8 Å². The lowest BCUT2D eigenvalue weighted by molar-refractivity contribution is 0.0427. The van der Waals surface area contributed by atoms with Crippen LogP contribution in [0.25, 0.3) is 0 Å². The number of benzene rings is 1. The highest BCUT2D eigenvalue weighted by Crippen LogP contribution is 2.43. The van der Waals surface area contributed by atoms with E-state index < -0.39 is 5.60 Å². The Kier molecular flexibility index (Phi) is 2.94. The zero-order valence-electron chi connectivity index (χ0n) is 9.06. The van der Waals surface area contributed by atoms with E-state index in [0.29, 0.717) is 0 Å². The standard InChI is InChI=1S/C12H16O2S/c1-9-12(13,7-8-15-9)10-3-5-11(14-2)6-4-10/h3-6,9,13H,7-8H2,1-2H3. The maximum Gasteiger partial charge on any atom is 0.118 e. The van der Waals surface area contributed by atoms with Crippen LogP contribution in [0, 0.1) is 0 Å². The van der Waals surface area contributed by atoms with Gasteiger partial charge in [0.1, 0.15) is 11.4 Å². The van der Waals surface area contributed by atoms with Gasteiger partial charge in [0.25, 0.3) is 0 Å². The summed E-state index contributed by atoms with van der Waals surface area (Å²) in [6, 6.07) is 7.73. The van der Waals surface area contributed by atoms with E-state index in [9.17, 15) is 5.11 Å². The summed E-state index contributed by atoms with van der Waals surface area (Å²) in [5.41, 5.74) is 0.345. The Labute approximate surface area is 94.6 Å². The first-order valence-electron chi connectivity index (χ1n) is 5.15. The van der Waals surface area contributed by atoms with Crippen LogP contribution in [0.15, 0.2) is 24.3 Å². The van der Waals surface area contributed by atoms with Gasteiger partial charge in [0.2, 0.25) is 0 Å². The van der Waals surface area contributed by atoms with Crippen LogP contribution in [-0.4, -0.2) is 23.2 Å². The summed E-state index contributed by atoms with van der Waals surface area (Å²) in [6.07, 6.45) is 0.838. The van der Waals surface area contributed by atoms with Crippen LogP contribution in [0.1, 0.15) is 18.9 Å². The topological polar surface area (TPSA) is 29.5 Å². The maximum absolute atomic E-state index is 10.5. The van der Waals surface area contributed by atoms with Gasteiger partial charge in [-0.3, -0.25) is 0 Å². The summed E-state index contributed by atoms with van der Waals surface area (Å²) < 4.78 is 5.10. The average Bonchev–Trinajstić information content (AvgIpc) is 2.61. The van der Waals surface area contributed by atoms with Crippen LogP contribution in [0.2, 0.25) is 0 Å². The normalized spacial score (nSPS) is 30.5. The smallest absolute Gasteiger partial charge is 0.118 e. The summed E-state index contributed by atoms with van der Waals surface area (Å²) in [6.45, 7) is 2.09. The Bertz CT molecular complexity index is 336. The zero-order valence-corrected chi connectivity index (χ0v) is 9.88. The largest absolute Gasteiger partial charge is 0.497 e. The number of methoxy groups -OCH3 is 1. The highest BCUT2D eigenvalue weighted by atomic mass is 32.2. The molecule has 2 unspecified atom stereocenters. The van der Waals surface area contributed by atoms with E-state index in [0.717, 1.165) is 23.5 Å². The fourth-order valence-electron chi connectivity index (χ4n) is 1.99. The quantitative estimate of drug-likeness (QED) is 0.836. The van der Waals surface area contributed by atoms with E-state index in [1.54, 1.807) is 7.11 Å². The minimum atomic E-state index is -0.656. The molecule has 0 saturated carbocycles. The van der Waals surface area contributed by atoms with Gasteiger partial charge < -0.3 is 9.84 Å². The minimum Gasteiger partial charge on any atom is -0.497 e. The molecule has 1 aliphatic heterocycles. The predicted octanol–water partition coefficient (Wildman–Crippen LogP) is 2.41. The van der Waals surface area contributed by atoms with E-state index >= 15 is 0 Å². The average molecular weight is 224 g/mol. The highest BCUT2D eigenvalue weighted by Gasteiger charge is 2.40. The van der Waals surface area contributed by atoms with Crippen LogP contribution in [0.4, 0.5) is 0 Å². The summed E-state index contributed by atoms with van der Waals surface area (Å²) >= 11 is 1.83. The molecule has 1 heterocycles. The van der Waals surface area contributed by atoms with Gasteiger partial charge in [-0.1, -0.05) is 19.1 Å². The molecule has 0 spiro atoms. The van der Waals surface area contributed by atoms with Crippen molar-refractivity contribution in [2.45, 2.75) is 24.2 Å². The number of hydrogen-bond acceptors (Lipinski definition) is 3. The SMILES string of the molecule is COc1ccc(C2(O)CCSC2C)cc1. The molecular weight excluding hydrogens is 208 g/mol. The van der Waals surface area contributed by atoms with Gasteiger partial charge >= 0.3 is 0 Å². The lowest BCUT2D eigenvalue weighted by Gasteiger charge is -2.27. The Morgan fingerprint density at radius 2 is 2.07 bits per heavy atom. The van der Waals surface area contributed by atoms with E-state index in [4.69, 9.17) is 4.74 Å². The number of rotatable bonds is 2. The molecule has 2 rings (SSSR count). The molecule has 1 aromatic carbocycles. The zero-order chi connectivity index (χ0) is 10.9. The lowest BCUT2D eigenvalue weighted by Crippen LogP contribution is -2.31. The van der Waals surface area contributed by atoms with Crippen molar-refractivity contribution in [2.24, 2.45) is 0 Å². The third kappa shape index (κ3) is 1.86. The fraction of sp³-hybridized carbons (Fsp3) is 0.500. The Balaban J connectivity index is 2.28. The third-order valence-corrected chi connectivity index (χ3v) is 4.44. The van der Waals surface area contributed by atoms with Gasteiger partial charge in [0.05, 0.1) is 7.11 Å². The predicted molar refractivity (Wildman–Crippen MR) is 63.4 cm³/mol. The molecule has 0 aliphatic carbocycles. The molecule has 2 nitrogen and oxygen atoms in total. The summed E-state index contributed by atoms with van der Waals surface area (Å²) in [7, 11) is 1.65. The second-order valence-corrected chi connectivity index (χ2v) is 5.36. The van der Waals surface area contributed by atoms with Crippen LogP contribution in [0.3, 0.4) is 0 Å². The first kappa shape index (κ1) is 10.8.